The number of nitrogens with one attached hydrogen (secondary N) is 1. The molecule has 0 fully saturated rings. The highest BCUT2D eigenvalue weighted by Gasteiger charge is 2.12. The Morgan fingerprint density at radius 1 is 1.00 bits per heavy atom. The number of hydrogen-bond acceptors (Lipinski definition) is 4. The molecule has 5 heteroatoms. The van der Waals surface area contributed by atoms with Crippen LogP contribution in [-0.4, -0.2) is 12.1 Å². The number of fused-ring (bicyclic) bond motifs is 1. The van der Waals surface area contributed by atoms with Gasteiger partial charge in [0.15, 0.2) is 11.6 Å². The summed E-state index contributed by atoms with van der Waals surface area (Å²) >= 11 is 0. The summed E-state index contributed by atoms with van der Waals surface area (Å²) < 4.78 is 25.1. The smallest absolute Gasteiger partial charge is 0.169 e. The fraction of sp³-hybridized carbons (Fsp3) is 0.240. The van der Waals surface area contributed by atoms with Crippen LogP contribution in [0, 0.1) is 5.82 Å². The number of halogens is 1. The van der Waals surface area contributed by atoms with E-state index in [9.17, 15) is 4.39 Å². The number of methoxy groups -OCH3 is 1. The van der Waals surface area contributed by atoms with Crippen molar-refractivity contribution in [3.63, 3.8) is 0 Å². The maximum Gasteiger partial charge on any atom is 0.169 e. The number of pyridine rings is 1. The van der Waals surface area contributed by atoms with Crippen molar-refractivity contribution in [2.24, 2.45) is 0 Å². The predicted molar refractivity (Wildman–Crippen MR) is 121 cm³/mol. The highest BCUT2D eigenvalue weighted by Crippen LogP contribution is 2.33. The topological polar surface area (TPSA) is 43.4 Å². The lowest BCUT2D eigenvalue weighted by atomic mass is 10.0. The molecule has 0 aliphatic heterocycles. The molecule has 0 saturated carbocycles. The number of anilines is 2. The third kappa shape index (κ3) is 4.30. The van der Waals surface area contributed by atoms with Crippen LogP contribution in [0.3, 0.4) is 0 Å². The Bertz CT molecular complexity index is 1190. The number of ether oxygens (including phenoxy) is 2. The summed E-state index contributed by atoms with van der Waals surface area (Å²) in [6.45, 7) is 4.22. The van der Waals surface area contributed by atoms with E-state index >= 15 is 0 Å². The first-order valence-corrected chi connectivity index (χ1v) is 10.1. The molecular weight excluding hydrogens is 379 g/mol. The van der Waals surface area contributed by atoms with Crippen LogP contribution in [-0.2, 0) is 0 Å². The van der Waals surface area contributed by atoms with Gasteiger partial charge in [0.25, 0.3) is 0 Å². The molecule has 4 nitrogen and oxygen atoms in total. The summed E-state index contributed by atoms with van der Waals surface area (Å²) in [5, 5.41) is 5.63. The van der Waals surface area contributed by atoms with E-state index in [0.29, 0.717) is 11.5 Å². The van der Waals surface area contributed by atoms with Gasteiger partial charge in [-0.3, -0.25) is 0 Å². The minimum Gasteiger partial charge on any atom is -0.497 e. The number of benzene rings is 2. The summed E-state index contributed by atoms with van der Waals surface area (Å²) in [7, 11) is 1.50. The molecule has 3 aromatic rings. The second-order valence-corrected chi connectivity index (χ2v) is 7.58. The fourth-order valence-electron chi connectivity index (χ4n) is 3.50. The lowest BCUT2D eigenvalue weighted by Gasteiger charge is -2.17. The predicted octanol–water partition coefficient (Wildman–Crippen LogP) is 5.49. The van der Waals surface area contributed by atoms with Crippen molar-refractivity contribution in [3.05, 3.63) is 70.5 Å². The Morgan fingerprint density at radius 3 is 2.57 bits per heavy atom. The van der Waals surface area contributed by atoms with Gasteiger partial charge in [-0.2, -0.15) is 0 Å². The quantitative estimate of drug-likeness (QED) is 0.588. The number of rotatable bonds is 6. The van der Waals surface area contributed by atoms with Gasteiger partial charge in [0.05, 0.1) is 12.5 Å². The Hall–Kier alpha value is -3.34. The summed E-state index contributed by atoms with van der Waals surface area (Å²) in [6, 6.07) is 14.4. The van der Waals surface area contributed by atoms with Crippen LogP contribution in [0.5, 0.6) is 17.2 Å². The van der Waals surface area contributed by atoms with Gasteiger partial charge in [0.1, 0.15) is 17.3 Å². The van der Waals surface area contributed by atoms with Crippen LogP contribution in [0.15, 0.2) is 48.5 Å². The summed E-state index contributed by atoms with van der Waals surface area (Å²) in [6.07, 6.45) is 6.48. The normalized spacial score (nSPS) is 12.6. The standard InChI is InChI=1S/C25H25FN2O2.H2/c1-16(2)20-14-19(30-24-12-10-18(29-3)15-21(24)26)9-11-23(20)28-25-13-8-17-6-4-5-7-22(17)27-25;/h6-16H,4-5H2,1-3H3,(H,27,28);1H. The molecule has 156 valence electrons. The van der Waals surface area contributed by atoms with Gasteiger partial charge in [0.2, 0.25) is 0 Å². The molecule has 2 aromatic carbocycles. The molecular formula is C25H27FN2O2. The van der Waals surface area contributed by atoms with Gasteiger partial charge < -0.3 is 14.8 Å². The SMILES string of the molecule is COc1ccc(Oc2ccc(Nc3ccc4c(n3)=CCCC=4)c(C(C)C)c2)c(F)c1.[HH]. The molecule has 0 atom stereocenters. The molecule has 1 aromatic heterocycles. The van der Waals surface area contributed by atoms with E-state index in [2.05, 4.69) is 37.4 Å². The van der Waals surface area contributed by atoms with Crippen molar-refractivity contribution >= 4 is 23.7 Å². The van der Waals surface area contributed by atoms with E-state index < -0.39 is 5.82 Å². The van der Waals surface area contributed by atoms with E-state index in [1.165, 1.54) is 18.4 Å². The van der Waals surface area contributed by atoms with Gasteiger partial charge in [0, 0.05) is 13.2 Å². The van der Waals surface area contributed by atoms with Crippen molar-refractivity contribution < 1.29 is 15.3 Å². The lowest BCUT2D eigenvalue weighted by Crippen LogP contribution is -2.30. The fourth-order valence-corrected chi connectivity index (χ4v) is 3.50. The zero-order chi connectivity index (χ0) is 21.1. The van der Waals surface area contributed by atoms with Gasteiger partial charge >= 0.3 is 0 Å². The van der Waals surface area contributed by atoms with Gasteiger partial charge in [-0.05, 0) is 72.0 Å². The summed E-state index contributed by atoms with van der Waals surface area (Å²) in [5.74, 6) is 1.78. The minimum atomic E-state index is -0.464. The molecule has 0 spiro atoms. The minimum absolute atomic E-state index is 0. The van der Waals surface area contributed by atoms with Crippen LogP contribution in [0.2, 0.25) is 0 Å². The van der Waals surface area contributed by atoms with Gasteiger partial charge in [-0.1, -0.05) is 26.0 Å². The van der Waals surface area contributed by atoms with Crippen molar-refractivity contribution in [2.45, 2.75) is 32.6 Å². The number of aromatic nitrogens is 1. The third-order valence-electron chi connectivity index (χ3n) is 5.10. The highest BCUT2D eigenvalue weighted by atomic mass is 19.1. The van der Waals surface area contributed by atoms with Crippen LogP contribution in [0.4, 0.5) is 15.9 Å². The van der Waals surface area contributed by atoms with E-state index in [-0.39, 0.29) is 13.1 Å². The molecule has 1 heterocycles. The molecule has 1 aliphatic rings. The lowest BCUT2D eigenvalue weighted by molar-refractivity contribution is 0.402. The van der Waals surface area contributed by atoms with Crippen molar-refractivity contribution in [1.29, 1.82) is 0 Å². The molecule has 1 N–H and O–H groups in total. The average molecular weight is 407 g/mol. The molecule has 0 amide bonds. The average Bonchev–Trinajstić information content (AvgIpc) is 2.76. The monoisotopic (exact) mass is 406 g/mol. The first-order valence-electron chi connectivity index (χ1n) is 10.1. The molecule has 30 heavy (non-hydrogen) atoms. The molecule has 0 radical (unpaired) electrons. The second-order valence-electron chi connectivity index (χ2n) is 7.58. The number of nitrogens with zero attached hydrogens (tertiary/aromatic N) is 1. The van der Waals surface area contributed by atoms with Gasteiger partial charge in [-0.15, -0.1) is 0 Å². The molecule has 0 bridgehead atoms. The molecule has 1 aliphatic carbocycles. The summed E-state index contributed by atoms with van der Waals surface area (Å²) in [5.41, 5.74) is 2.02. The van der Waals surface area contributed by atoms with Crippen LogP contribution in [0.1, 0.15) is 39.6 Å². The van der Waals surface area contributed by atoms with Crippen molar-refractivity contribution in [2.75, 3.05) is 12.4 Å². The molecule has 4 rings (SSSR count). The van der Waals surface area contributed by atoms with Crippen LogP contribution >= 0.6 is 0 Å². The van der Waals surface area contributed by atoms with E-state index in [0.717, 1.165) is 35.3 Å². The molecule has 0 saturated heterocycles. The summed E-state index contributed by atoms with van der Waals surface area (Å²) in [4.78, 5) is 4.74. The highest BCUT2D eigenvalue weighted by molar-refractivity contribution is 5.63. The van der Waals surface area contributed by atoms with Crippen LogP contribution in [0.25, 0.3) is 12.2 Å². The van der Waals surface area contributed by atoms with Crippen molar-refractivity contribution in [1.82, 2.24) is 4.98 Å². The Labute approximate surface area is 177 Å². The zero-order valence-corrected chi connectivity index (χ0v) is 17.4. The Kier molecular flexibility index (Phi) is 5.70. The Balaban J connectivity index is 0.00000272. The zero-order valence-electron chi connectivity index (χ0n) is 17.4. The van der Waals surface area contributed by atoms with Crippen LogP contribution < -0.4 is 25.4 Å². The molecule has 0 unspecified atom stereocenters. The Morgan fingerprint density at radius 2 is 1.80 bits per heavy atom. The number of hydrogen-bond donors (Lipinski definition) is 1. The second kappa shape index (κ2) is 8.57. The maximum absolute atomic E-state index is 14.3. The van der Waals surface area contributed by atoms with E-state index in [4.69, 9.17) is 14.5 Å². The van der Waals surface area contributed by atoms with Crippen molar-refractivity contribution in [3.8, 4) is 17.2 Å². The van der Waals surface area contributed by atoms with Gasteiger partial charge in [-0.25, -0.2) is 9.37 Å². The maximum atomic E-state index is 14.3. The van der Waals surface area contributed by atoms with E-state index in [1.807, 2.05) is 24.3 Å². The largest absolute Gasteiger partial charge is 0.497 e. The van der Waals surface area contributed by atoms with E-state index in [1.54, 1.807) is 12.1 Å². The first-order chi connectivity index (χ1) is 14.5. The first kappa shape index (κ1) is 20.0. The third-order valence-corrected chi connectivity index (χ3v) is 5.10.